The summed E-state index contributed by atoms with van der Waals surface area (Å²) in [5.41, 5.74) is 0.350. The van der Waals surface area contributed by atoms with Crippen LogP contribution in [0.25, 0.3) is 10.8 Å². The molecule has 0 saturated heterocycles. The number of hydrogen-bond donors (Lipinski definition) is 4. The van der Waals surface area contributed by atoms with Gasteiger partial charge in [0, 0.05) is 35.6 Å². The van der Waals surface area contributed by atoms with Crippen molar-refractivity contribution in [2.24, 2.45) is 0 Å². The Morgan fingerprint density at radius 3 is 2.88 bits per heavy atom. The predicted octanol–water partition coefficient (Wildman–Crippen LogP) is 2.14. The van der Waals surface area contributed by atoms with Crippen molar-refractivity contribution in [1.82, 2.24) is 15.3 Å². The van der Waals surface area contributed by atoms with Crippen LogP contribution >= 0.6 is 0 Å². The zero-order chi connectivity index (χ0) is 17.1. The standard InChI is InChI=1S/C16H18N6O2/c1-2-18-15-13-6-14(19-8-9(13)3-12(7-17)21-15)20-10-4-11(5-10)22-16(23)24/h3,6,8,10-11,22H,2,4-5H2,1H3,(H,18,21)(H,19,20)(H,23,24). The molecule has 0 radical (unpaired) electrons. The van der Waals surface area contributed by atoms with Gasteiger partial charge in [0.25, 0.3) is 0 Å². The smallest absolute Gasteiger partial charge is 0.404 e. The van der Waals surface area contributed by atoms with Crippen molar-refractivity contribution in [2.45, 2.75) is 31.8 Å². The third-order valence-corrected chi connectivity index (χ3v) is 3.99. The van der Waals surface area contributed by atoms with Crippen molar-refractivity contribution in [1.29, 1.82) is 5.26 Å². The fourth-order valence-electron chi connectivity index (χ4n) is 2.82. The molecule has 0 spiro atoms. The van der Waals surface area contributed by atoms with Crippen LogP contribution in [0, 0.1) is 11.3 Å². The van der Waals surface area contributed by atoms with Crippen LogP contribution in [0.4, 0.5) is 16.4 Å². The summed E-state index contributed by atoms with van der Waals surface area (Å²) in [6, 6.07) is 5.86. The molecule has 2 aromatic rings. The molecule has 8 nitrogen and oxygen atoms in total. The van der Waals surface area contributed by atoms with Gasteiger partial charge in [0.05, 0.1) is 0 Å². The zero-order valence-corrected chi connectivity index (χ0v) is 13.2. The molecular formula is C16H18N6O2. The van der Waals surface area contributed by atoms with Gasteiger partial charge < -0.3 is 21.1 Å². The SMILES string of the molecule is CCNc1nc(C#N)cc2cnc(NC3CC(NC(=O)O)C3)cc12. The van der Waals surface area contributed by atoms with E-state index in [2.05, 4.69) is 32.0 Å². The number of nitriles is 1. The van der Waals surface area contributed by atoms with Crippen molar-refractivity contribution >= 4 is 28.5 Å². The molecule has 124 valence electrons. The molecule has 0 aliphatic heterocycles. The summed E-state index contributed by atoms with van der Waals surface area (Å²) in [6.07, 6.45) is 2.19. The quantitative estimate of drug-likeness (QED) is 0.663. The Bertz CT molecular complexity index is 810. The number of nitrogens with one attached hydrogen (secondary N) is 3. The highest BCUT2D eigenvalue weighted by molar-refractivity contribution is 5.93. The number of hydrogen-bond acceptors (Lipinski definition) is 6. The molecule has 1 amide bonds. The number of carboxylic acid groups (broad SMARTS) is 1. The molecule has 0 aromatic carbocycles. The minimum atomic E-state index is -0.989. The number of rotatable bonds is 5. The van der Waals surface area contributed by atoms with Crippen LogP contribution in [-0.2, 0) is 0 Å². The number of nitrogens with zero attached hydrogens (tertiary/aromatic N) is 3. The lowest BCUT2D eigenvalue weighted by Crippen LogP contribution is -2.49. The van der Waals surface area contributed by atoms with E-state index in [1.807, 2.05) is 13.0 Å². The summed E-state index contributed by atoms with van der Waals surface area (Å²) < 4.78 is 0. The summed E-state index contributed by atoms with van der Waals surface area (Å²) in [5, 5.41) is 28.4. The summed E-state index contributed by atoms with van der Waals surface area (Å²) >= 11 is 0. The zero-order valence-electron chi connectivity index (χ0n) is 13.2. The van der Waals surface area contributed by atoms with Crippen molar-refractivity contribution in [2.75, 3.05) is 17.2 Å². The molecule has 1 aliphatic rings. The van der Waals surface area contributed by atoms with Crippen molar-refractivity contribution in [3.8, 4) is 6.07 Å². The van der Waals surface area contributed by atoms with E-state index in [0.717, 1.165) is 23.6 Å². The molecule has 3 rings (SSSR count). The van der Waals surface area contributed by atoms with E-state index >= 15 is 0 Å². The number of fused-ring (bicyclic) bond motifs is 1. The second-order valence-electron chi connectivity index (χ2n) is 5.75. The second kappa shape index (κ2) is 6.58. The minimum absolute atomic E-state index is 0.00220. The predicted molar refractivity (Wildman–Crippen MR) is 90.0 cm³/mol. The normalized spacial score (nSPS) is 19.2. The number of aromatic nitrogens is 2. The Kier molecular flexibility index (Phi) is 4.33. The lowest BCUT2D eigenvalue weighted by Gasteiger charge is -2.35. The van der Waals surface area contributed by atoms with Gasteiger partial charge in [-0.05, 0) is 31.9 Å². The number of carbonyl (C=O) groups is 1. The van der Waals surface area contributed by atoms with Gasteiger partial charge in [0.15, 0.2) is 0 Å². The molecule has 1 fully saturated rings. The lowest BCUT2D eigenvalue weighted by molar-refractivity contribution is 0.180. The highest BCUT2D eigenvalue weighted by Gasteiger charge is 2.30. The summed E-state index contributed by atoms with van der Waals surface area (Å²) in [5.74, 6) is 1.38. The Balaban J connectivity index is 1.77. The minimum Gasteiger partial charge on any atom is -0.465 e. The van der Waals surface area contributed by atoms with E-state index in [-0.39, 0.29) is 12.1 Å². The first kappa shape index (κ1) is 15.8. The Hall–Kier alpha value is -3.08. The number of amides is 1. The van der Waals surface area contributed by atoms with Gasteiger partial charge in [-0.3, -0.25) is 0 Å². The third kappa shape index (κ3) is 3.30. The van der Waals surface area contributed by atoms with E-state index in [0.29, 0.717) is 23.9 Å². The average molecular weight is 326 g/mol. The molecule has 2 heterocycles. The van der Waals surface area contributed by atoms with Crippen LogP contribution in [-0.4, -0.2) is 39.8 Å². The Morgan fingerprint density at radius 1 is 1.42 bits per heavy atom. The number of pyridine rings is 2. The van der Waals surface area contributed by atoms with Crippen LogP contribution in [0.5, 0.6) is 0 Å². The van der Waals surface area contributed by atoms with Crippen LogP contribution in [0.1, 0.15) is 25.5 Å². The third-order valence-electron chi connectivity index (χ3n) is 3.99. The summed E-state index contributed by atoms with van der Waals surface area (Å²) in [6.45, 7) is 2.67. The fourth-order valence-corrected chi connectivity index (χ4v) is 2.82. The largest absolute Gasteiger partial charge is 0.465 e. The van der Waals surface area contributed by atoms with Gasteiger partial charge in [-0.2, -0.15) is 5.26 Å². The molecular weight excluding hydrogens is 308 g/mol. The van der Waals surface area contributed by atoms with Crippen molar-refractivity contribution in [3.05, 3.63) is 24.0 Å². The molecule has 0 unspecified atom stereocenters. The molecule has 2 aromatic heterocycles. The lowest BCUT2D eigenvalue weighted by atomic mass is 9.87. The summed E-state index contributed by atoms with van der Waals surface area (Å²) in [4.78, 5) is 19.3. The first-order valence-electron chi connectivity index (χ1n) is 7.79. The average Bonchev–Trinajstić information content (AvgIpc) is 2.52. The molecule has 0 atom stereocenters. The van der Waals surface area contributed by atoms with E-state index < -0.39 is 6.09 Å². The van der Waals surface area contributed by atoms with Gasteiger partial charge in [-0.25, -0.2) is 14.8 Å². The van der Waals surface area contributed by atoms with Gasteiger partial charge in [-0.1, -0.05) is 0 Å². The summed E-state index contributed by atoms with van der Waals surface area (Å²) in [7, 11) is 0. The van der Waals surface area contributed by atoms with Gasteiger partial charge in [0.2, 0.25) is 0 Å². The molecule has 1 aliphatic carbocycles. The van der Waals surface area contributed by atoms with Gasteiger partial charge in [0.1, 0.15) is 23.4 Å². The van der Waals surface area contributed by atoms with Crippen LogP contribution in [0.15, 0.2) is 18.3 Å². The molecule has 0 bridgehead atoms. The monoisotopic (exact) mass is 326 g/mol. The molecule has 4 N–H and O–H groups in total. The Labute approximate surface area is 138 Å². The highest BCUT2D eigenvalue weighted by Crippen LogP contribution is 2.27. The maximum atomic E-state index is 10.6. The van der Waals surface area contributed by atoms with Crippen molar-refractivity contribution < 1.29 is 9.90 Å². The van der Waals surface area contributed by atoms with Crippen molar-refractivity contribution in [3.63, 3.8) is 0 Å². The van der Waals surface area contributed by atoms with Gasteiger partial charge >= 0.3 is 6.09 Å². The van der Waals surface area contributed by atoms with Crippen LogP contribution in [0.3, 0.4) is 0 Å². The fraction of sp³-hybridized carbons (Fsp3) is 0.375. The van der Waals surface area contributed by atoms with E-state index in [1.165, 1.54) is 0 Å². The highest BCUT2D eigenvalue weighted by atomic mass is 16.4. The first-order chi connectivity index (χ1) is 11.6. The number of anilines is 2. The molecule has 8 heteroatoms. The van der Waals surface area contributed by atoms with E-state index in [1.54, 1.807) is 12.3 Å². The second-order valence-corrected chi connectivity index (χ2v) is 5.75. The van der Waals surface area contributed by atoms with Gasteiger partial charge in [-0.15, -0.1) is 0 Å². The maximum Gasteiger partial charge on any atom is 0.404 e. The first-order valence-corrected chi connectivity index (χ1v) is 7.79. The maximum absolute atomic E-state index is 10.6. The van der Waals surface area contributed by atoms with Crippen LogP contribution < -0.4 is 16.0 Å². The van der Waals surface area contributed by atoms with Crippen LogP contribution in [0.2, 0.25) is 0 Å². The van der Waals surface area contributed by atoms with E-state index in [9.17, 15) is 4.79 Å². The topological polar surface area (TPSA) is 123 Å². The Morgan fingerprint density at radius 2 is 2.21 bits per heavy atom. The van der Waals surface area contributed by atoms with E-state index in [4.69, 9.17) is 10.4 Å². The molecule has 24 heavy (non-hydrogen) atoms. The molecule has 1 saturated carbocycles.